The quantitative estimate of drug-likeness (QED) is 0.649. The van der Waals surface area contributed by atoms with Gasteiger partial charge in [-0.05, 0) is 44.1 Å². The van der Waals surface area contributed by atoms with Crippen LogP contribution in [0.5, 0.6) is 0 Å². The summed E-state index contributed by atoms with van der Waals surface area (Å²) in [6.07, 6.45) is -23.4. The molecule has 2 heteroatoms. The summed E-state index contributed by atoms with van der Waals surface area (Å²) in [6, 6.07) is 0. The molecule has 3 fully saturated rings. The lowest BCUT2D eigenvalue weighted by Gasteiger charge is -2.43. The van der Waals surface area contributed by atoms with Gasteiger partial charge in [-0.3, -0.25) is 4.79 Å². The smallest absolute Gasteiger partial charge is 0.309 e. The average Bonchev–Trinajstić information content (AvgIpc) is 2.32. The predicted octanol–water partition coefficient (Wildman–Crippen LogP) is 2.04. The molecule has 0 aliphatic heterocycles. The summed E-state index contributed by atoms with van der Waals surface area (Å²) in [5, 5.41) is 9.52. The highest BCUT2D eigenvalue weighted by atomic mass is 16.4. The van der Waals surface area contributed by atoms with Crippen LogP contribution in [0.25, 0.3) is 0 Å². The van der Waals surface area contributed by atoms with E-state index in [2.05, 4.69) is 0 Å². The van der Waals surface area contributed by atoms with Gasteiger partial charge in [0.25, 0.3) is 0 Å². The van der Waals surface area contributed by atoms with E-state index in [-0.39, 0.29) is 0 Å². The molecular weight excluding hydrogens is 140 g/mol. The zero-order valence-corrected chi connectivity index (χ0v) is 5.36. The molecule has 0 heterocycles. The molecule has 2 nitrogen and oxygen atoms in total. The van der Waals surface area contributed by atoms with Crippen LogP contribution >= 0.6 is 0 Å². The SMILES string of the molecule is [2H]C1([2H])C([2H])([2H])C2(C(=O)O)C([2H])([2H])C([2H])([2H])C1([2H])C([2H])([2H])C2([2H])[2H]. The summed E-state index contributed by atoms with van der Waals surface area (Å²) in [5.41, 5.74) is -4.08. The molecule has 0 saturated heterocycles. The number of carbonyl (C=O) groups is 1. The summed E-state index contributed by atoms with van der Waals surface area (Å²) in [7, 11) is 0. The van der Waals surface area contributed by atoms with Gasteiger partial charge in [-0.15, -0.1) is 0 Å². The van der Waals surface area contributed by atoms with Crippen LogP contribution in [0.2, 0.25) is 0 Å². The minimum absolute atomic E-state index is 2.55. The fraction of sp³-hybridized carbons (Fsp3) is 0.889. The van der Waals surface area contributed by atoms with E-state index in [9.17, 15) is 9.90 Å². The number of aliphatic carboxylic acids is 1. The highest BCUT2D eigenvalue weighted by Crippen LogP contribution is 2.50. The molecule has 3 rings (SSSR count). The van der Waals surface area contributed by atoms with Gasteiger partial charge in [0.05, 0.1) is 5.41 Å². The lowest BCUT2D eigenvalue weighted by atomic mass is 9.61. The number of carboxylic acids is 1. The van der Waals surface area contributed by atoms with Crippen molar-refractivity contribution < 1.29 is 27.7 Å². The minimum atomic E-state index is -4.08. The summed E-state index contributed by atoms with van der Waals surface area (Å²) in [4.78, 5) is 11.9. The Labute approximate surface area is 84.9 Å². The predicted molar refractivity (Wildman–Crippen MR) is 41.3 cm³/mol. The van der Waals surface area contributed by atoms with Crippen LogP contribution in [0, 0.1) is 11.3 Å². The molecule has 0 spiro atoms. The Balaban J connectivity index is 3.23. The van der Waals surface area contributed by atoms with Crippen LogP contribution in [0.3, 0.4) is 0 Å². The van der Waals surface area contributed by atoms with E-state index in [1.54, 1.807) is 0 Å². The van der Waals surface area contributed by atoms with Gasteiger partial charge < -0.3 is 5.11 Å². The molecule has 0 aromatic rings. The molecule has 0 atom stereocenters. The Morgan fingerprint density at radius 1 is 1.45 bits per heavy atom. The van der Waals surface area contributed by atoms with Gasteiger partial charge in [0.1, 0.15) is 0 Å². The molecule has 1 N–H and O–H groups in total. The maximum atomic E-state index is 11.9. The fourth-order valence-electron chi connectivity index (χ4n) is 0.817. The van der Waals surface area contributed by atoms with Crippen molar-refractivity contribution in [1.82, 2.24) is 0 Å². The van der Waals surface area contributed by atoms with Crippen molar-refractivity contribution in [3.05, 3.63) is 0 Å². The van der Waals surface area contributed by atoms with Crippen LogP contribution in [0.15, 0.2) is 0 Å². The summed E-state index contributed by atoms with van der Waals surface area (Å²) < 4.78 is 102. The van der Waals surface area contributed by atoms with Crippen LogP contribution in [-0.2, 0) is 4.79 Å². The second-order valence-corrected chi connectivity index (χ2v) is 2.18. The van der Waals surface area contributed by atoms with E-state index < -0.39 is 55.5 Å². The maximum Gasteiger partial charge on any atom is 0.309 e. The van der Waals surface area contributed by atoms with E-state index >= 15 is 0 Å². The van der Waals surface area contributed by atoms with Crippen molar-refractivity contribution in [3.63, 3.8) is 0 Å². The molecule has 62 valence electrons. The average molecular weight is 167 g/mol. The molecule has 0 aromatic carbocycles. The molecule has 11 heavy (non-hydrogen) atoms. The number of hydrogen-bond donors (Lipinski definition) is 1. The van der Waals surface area contributed by atoms with Crippen molar-refractivity contribution in [2.24, 2.45) is 11.3 Å². The van der Waals surface area contributed by atoms with Gasteiger partial charge in [-0.25, -0.2) is 0 Å². The first-order chi connectivity index (χ1) is 10.2. The Hall–Kier alpha value is -0.530. The number of fused-ring (bicyclic) bond motifs is 3. The monoisotopic (exact) mass is 167 g/mol. The van der Waals surface area contributed by atoms with Crippen molar-refractivity contribution in [2.45, 2.75) is 38.2 Å². The molecule has 0 amide bonds. The van der Waals surface area contributed by atoms with Gasteiger partial charge in [0.15, 0.2) is 0 Å². The molecule has 0 radical (unpaired) electrons. The third-order valence-electron chi connectivity index (χ3n) is 1.45. The highest BCUT2D eigenvalue weighted by Gasteiger charge is 2.45. The first-order valence-electron chi connectivity index (χ1n) is 9.43. The Bertz CT molecular complexity index is 549. The number of rotatable bonds is 1. The molecule has 0 aromatic heterocycles. The summed E-state index contributed by atoms with van der Waals surface area (Å²) >= 11 is 0. The largest absolute Gasteiger partial charge is 0.481 e. The maximum absolute atomic E-state index is 11.9. The van der Waals surface area contributed by atoms with E-state index in [0.717, 1.165) is 0 Å². The van der Waals surface area contributed by atoms with Crippen LogP contribution in [0.1, 0.15) is 56.1 Å². The van der Waals surface area contributed by atoms with Crippen molar-refractivity contribution >= 4 is 5.97 Å². The van der Waals surface area contributed by atoms with E-state index in [1.165, 1.54) is 0 Å². The van der Waals surface area contributed by atoms with Crippen molar-refractivity contribution in [2.75, 3.05) is 0 Å². The second-order valence-electron chi connectivity index (χ2n) is 2.18. The Morgan fingerprint density at radius 3 is 2.27 bits per heavy atom. The lowest BCUT2D eigenvalue weighted by Crippen LogP contribution is -2.40. The van der Waals surface area contributed by atoms with E-state index in [1.807, 2.05) is 0 Å². The van der Waals surface area contributed by atoms with Gasteiger partial charge in [0.2, 0.25) is 0 Å². The Morgan fingerprint density at radius 2 is 1.91 bits per heavy atom. The molecule has 2 bridgehead atoms. The van der Waals surface area contributed by atoms with Gasteiger partial charge >= 0.3 is 5.97 Å². The zero-order chi connectivity index (χ0) is 19.6. The highest BCUT2D eigenvalue weighted by molar-refractivity contribution is 5.75. The topological polar surface area (TPSA) is 37.3 Å². The molecule has 3 aliphatic carbocycles. The summed E-state index contributed by atoms with van der Waals surface area (Å²) in [5.74, 6) is -6.46. The number of hydrogen-bond acceptors (Lipinski definition) is 1. The first kappa shape index (κ1) is 1.57. The summed E-state index contributed by atoms with van der Waals surface area (Å²) in [6.45, 7) is 0. The molecule has 0 unspecified atom stereocenters. The third kappa shape index (κ3) is 0.959. The Kier molecular flexibility index (Phi) is 0.317. The van der Waals surface area contributed by atoms with Crippen LogP contribution in [0.4, 0.5) is 0 Å². The standard InChI is InChI=1S/C9H14O2/c10-8(11)9-4-1-7(2-5-9)3-6-9/h7H,1-6H2,(H,10,11)/i1D2,2D2,3D2,4D2,5D2,6D2,7D. The minimum Gasteiger partial charge on any atom is -0.481 e. The molecular formula is C9H14O2. The second kappa shape index (κ2) is 2.23. The van der Waals surface area contributed by atoms with Gasteiger partial charge in [-0.1, -0.05) is 0 Å². The molecule has 3 saturated carbocycles. The number of carboxylic acid groups (broad SMARTS) is 1. The first-order valence-corrected chi connectivity index (χ1v) is 2.93. The normalized spacial score (nSPS) is 94.0. The van der Waals surface area contributed by atoms with E-state index in [4.69, 9.17) is 17.8 Å². The fourth-order valence-corrected chi connectivity index (χ4v) is 0.817. The third-order valence-corrected chi connectivity index (χ3v) is 1.45. The van der Waals surface area contributed by atoms with E-state index in [0.29, 0.717) is 0 Å². The van der Waals surface area contributed by atoms with Crippen LogP contribution < -0.4 is 0 Å². The lowest BCUT2D eigenvalue weighted by molar-refractivity contribution is -0.155. The molecule has 3 aliphatic rings. The zero-order valence-electron chi connectivity index (χ0n) is 18.4. The van der Waals surface area contributed by atoms with Crippen molar-refractivity contribution in [3.8, 4) is 0 Å². The van der Waals surface area contributed by atoms with Crippen molar-refractivity contribution in [1.29, 1.82) is 0 Å². The van der Waals surface area contributed by atoms with Gasteiger partial charge in [-0.2, -0.15) is 0 Å². The van der Waals surface area contributed by atoms with Crippen LogP contribution in [-0.4, -0.2) is 11.1 Å². The van der Waals surface area contributed by atoms with Gasteiger partial charge in [0, 0.05) is 17.8 Å².